The average Bonchev–Trinajstić information content (AvgIpc) is 2.42. The number of rotatable bonds is 10. The highest BCUT2D eigenvalue weighted by Gasteiger charge is 2.13. The van der Waals surface area contributed by atoms with E-state index in [1.807, 2.05) is 19.1 Å². The van der Waals surface area contributed by atoms with Gasteiger partial charge >= 0.3 is 0 Å². The fourth-order valence-electron chi connectivity index (χ4n) is 2.29. The van der Waals surface area contributed by atoms with Gasteiger partial charge in [0.15, 0.2) is 9.84 Å². The summed E-state index contributed by atoms with van der Waals surface area (Å²) in [7, 11) is -3.08. The lowest BCUT2D eigenvalue weighted by molar-refractivity contribution is 0.572. The Bertz CT molecular complexity index is 460. The number of hydrogen-bond acceptors (Lipinski definition) is 2. The maximum Gasteiger partial charge on any atom is 0.178 e. The summed E-state index contributed by atoms with van der Waals surface area (Å²) in [5.41, 5.74) is 1.09. The molecule has 1 aromatic rings. The molecule has 0 aliphatic rings. The van der Waals surface area contributed by atoms with Crippen LogP contribution in [-0.2, 0) is 9.84 Å². The van der Waals surface area contributed by atoms with E-state index in [1.54, 1.807) is 12.1 Å². The molecule has 0 amide bonds. The van der Waals surface area contributed by atoms with Gasteiger partial charge in [-0.15, -0.1) is 0 Å². The molecule has 0 aromatic heterocycles. The van der Waals surface area contributed by atoms with Crippen molar-refractivity contribution in [2.45, 2.75) is 70.1 Å². The van der Waals surface area contributed by atoms with Crippen LogP contribution < -0.4 is 0 Å². The van der Waals surface area contributed by atoms with Gasteiger partial charge in [0.05, 0.1) is 10.6 Å². The van der Waals surface area contributed by atoms with E-state index >= 15 is 0 Å². The second kappa shape index (κ2) is 9.17. The van der Waals surface area contributed by atoms with Crippen molar-refractivity contribution in [3.63, 3.8) is 0 Å². The first-order valence-electron chi connectivity index (χ1n) is 7.85. The van der Waals surface area contributed by atoms with E-state index < -0.39 is 9.84 Å². The molecule has 0 heterocycles. The number of sulfone groups is 1. The quantitative estimate of drug-likeness (QED) is 0.575. The molecule has 0 N–H and O–H groups in total. The molecule has 0 fully saturated rings. The Morgan fingerprint density at radius 3 is 1.85 bits per heavy atom. The molecular formula is C17H28O2S. The minimum absolute atomic E-state index is 0.283. The van der Waals surface area contributed by atoms with Crippen molar-refractivity contribution >= 4 is 9.84 Å². The van der Waals surface area contributed by atoms with Gasteiger partial charge in [0.2, 0.25) is 0 Å². The van der Waals surface area contributed by atoms with E-state index in [0.29, 0.717) is 4.90 Å². The van der Waals surface area contributed by atoms with Gasteiger partial charge in [-0.3, -0.25) is 0 Å². The maximum atomic E-state index is 12.1. The van der Waals surface area contributed by atoms with Crippen molar-refractivity contribution in [2.75, 3.05) is 5.75 Å². The molecule has 0 spiro atoms. The first kappa shape index (κ1) is 17.2. The fourth-order valence-corrected chi connectivity index (χ4v) is 3.66. The Kier molecular flexibility index (Phi) is 7.90. The summed E-state index contributed by atoms with van der Waals surface area (Å²) < 4.78 is 24.2. The minimum atomic E-state index is -3.08. The van der Waals surface area contributed by atoms with E-state index in [-0.39, 0.29) is 5.75 Å². The third kappa shape index (κ3) is 6.56. The van der Waals surface area contributed by atoms with Crippen LogP contribution in [0.1, 0.15) is 63.9 Å². The van der Waals surface area contributed by atoms with Gasteiger partial charge in [0, 0.05) is 0 Å². The molecule has 0 aliphatic carbocycles. The second-order valence-corrected chi connectivity index (χ2v) is 7.72. The molecule has 3 heteroatoms. The topological polar surface area (TPSA) is 34.1 Å². The lowest BCUT2D eigenvalue weighted by atomic mass is 10.1. The molecular weight excluding hydrogens is 268 g/mol. The monoisotopic (exact) mass is 296 g/mol. The number of unbranched alkanes of at least 4 members (excludes halogenated alkanes) is 7. The lowest BCUT2D eigenvalue weighted by Gasteiger charge is -2.05. The van der Waals surface area contributed by atoms with Crippen molar-refractivity contribution in [2.24, 2.45) is 0 Å². The van der Waals surface area contributed by atoms with Gasteiger partial charge in [-0.1, -0.05) is 69.6 Å². The smallest absolute Gasteiger partial charge is 0.178 e. The molecule has 0 atom stereocenters. The van der Waals surface area contributed by atoms with E-state index in [1.165, 1.54) is 32.1 Å². The van der Waals surface area contributed by atoms with E-state index in [2.05, 4.69) is 6.92 Å². The predicted octanol–water partition coefficient (Wildman–Crippen LogP) is 4.91. The zero-order valence-corrected chi connectivity index (χ0v) is 13.7. The van der Waals surface area contributed by atoms with Crippen molar-refractivity contribution in [3.8, 4) is 0 Å². The molecule has 0 saturated heterocycles. The van der Waals surface area contributed by atoms with Gasteiger partial charge in [-0.05, 0) is 25.5 Å². The van der Waals surface area contributed by atoms with Crippen molar-refractivity contribution in [3.05, 3.63) is 29.8 Å². The van der Waals surface area contributed by atoms with Gasteiger partial charge < -0.3 is 0 Å². The highest BCUT2D eigenvalue weighted by molar-refractivity contribution is 7.91. The number of hydrogen-bond donors (Lipinski definition) is 0. The van der Waals surface area contributed by atoms with Crippen LogP contribution in [0.4, 0.5) is 0 Å². The molecule has 0 bridgehead atoms. The molecule has 0 aliphatic heterocycles. The Hall–Kier alpha value is -0.830. The summed E-state index contributed by atoms with van der Waals surface area (Å²) >= 11 is 0. The van der Waals surface area contributed by atoms with Crippen molar-refractivity contribution in [1.82, 2.24) is 0 Å². The third-order valence-corrected chi connectivity index (χ3v) is 5.46. The van der Waals surface area contributed by atoms with Crippen LogP contribution in [-0.4, -0.2) is 14.2 Å². The molecule has 114 valence electrons. The van der Waals surface area contributed by atoms with Gasteiger partial charge in [0.25, 0.3) is 0 Å². The van der Waals surface area contributed by atoms with Crippen LogP contribution in [0.25, 0.3) is 0 Å². The number of benzene rings is 1. The van der Waals surface area contributed by atoms with Crippen LogP contribution >= 0.6 is 0 Å². The molecule has 0 radical (unpaired) electrons. The predicted molar refractivity (Wildman–Crippen MR) is 85.8 cm³/mol. The summed E-state index contributed by atoms with van der Waals surface area (Å²) in [5.74, 6) is 0.283. The van der Waals surface area contributed by atoms with Crippen LogP contribution in [0.2, 0.25) is 0 Å². The molecule has 2 nitrogen and oxygen atoms in total. The average molecular weight is 296 g/mol. The summed E-state index contributed by atoms with van der Waals surface area (Å²) in [6.07, 6.45) is 9.41. The Balaban J connectivity index is 2.22. The van der Waals surface area contributed by atoms with Crippen LogP contribution in [0, 0.1) is 6.92 Å². The SMILES string of the molecule is CCCCCCCCCCS(=O)(=O)c1ccc(C)cc1. The summed E-state index contributed by atoms with van der Waals surface area (Å²) in [4.78, 5) is 0.464. The molecule has 1 rings (SSSR count). The summed E-state index contributed by atoms with van der Waals surface area (Å²) in [5, 5.41) is 0. The molecule has 0 unspecified atom stereocenters. The zero-order chi connectivity index (χ0) is 14.8. The van der Waals surface area contributed by atoms with Crippen LogP contribution in [0.3, 0.4) is 0 Å². The third-order valence-electron chi connectivity index (χ3n) is 3.65. The second-order valence-electron chi connectivity index (χ2n) is 5.61. The van der Waals surface area contributed by atoms with Crippen LogP contribution in [0.15, 0.2) is 29.2 Å². The Morgan fingerprint density at radius 2 is 1.30 bits per heavy atom. The summed E-state index contributed by atoms with van der Waals surface area (Å²) in [6.45, 7) is 4.19. The first-order chi connectivity index (χ1) is 9.56. The normalized spacial score (nSPS) is 11.7. The highest BCUT2D eigenvalue weighted by atomic mass is 32.2. The van der Waals surface area contributed by atoms with E-state index in [9.17, 15) is 8.42 Å². The van der Waals surface area contributed by atoms with Gasteiger partial charge in [-0.25, -0.2) is 8.42 Å². The summed E-state index contributed by atoms with van der Waals surface area (Å²) in [6, 6.07) is 7.16. The van der Waals surface area contributed by atoms with E-state index in [4.69, 9.17) is 0 Å². The fraction of sp³-hybridized carbons (Fsp3) is 0.647. The van der Waals surface area contributed by atoms with Gasteiger partial charge in [-0.2, -0.15) is 0 Å². The maximum absolute atomic E-state index is 12.1. The minimum Gasteiger partial charge on any atom is -0.224 e. The van der Waals surface area contributed by atoms with Gasteiger partial charge in [0.1, 0.15) is 0 Å². The first-order valence-corrected chi connectivity index (χ1v) is 9.51. The van der Waals surface area contributed by atoms with Crippen molar-refractivity contribution in [1.29, 1.82) is 0 Å². The Labute approximate surface area is 124 Å². The zero-order valence-electron chi connectivity index (χ0n) is 12.9. The van der Waals surface area contributed by atoms with Crippen molar-refractivity contribution < 1.29 is 8.42 Å². The number of aryl methyl sites for hydroxylation is 1. The lowest BCUT2D eigenvalue weighted by Crippen LogP contribution is -2.06. The Morgan fingerprint density at radius 1 is 0.800 bits per heavy atom. The standard InChI is InChI=1S/C17H28O2S/c1-3-4-5-6-7-8-9-10-15-20(18,19)17-13-11-16(2)12-14-17/h11-14H,3-10,15H2,1-2H3. The van der Waals surface area contributed by atoms with Crippen LogP contribution in [0.5, 0.6) is 0 Å². The van der Waals surface area contributed by atoms with E-state index in [0.717, 1.165) is 24.8 Å². The highest BCUT2D eigenvalue weighted by Crippen LogP contribution is 2.15. The molecule has 1 aromatic carbocycles. The molecule has 20 heavy (non-hydrogen) atoms. The largest absolute Gasteiger partial charge is 0.224 e. The molecule has 0 saturated carbocycles.